The molecule has 0 N–H and O–H groups in total. The summed E-state index contributed by atoms with van der Waals surface area (Å²) in [6.07, 6.45) is 2.72. The summed E-state index contributed by atoms with van der Waals surface area (Å²) in [7, 11) is 1.75. The molecular weight excluding hydrogens is 152 g/mol. The zero-order chi connectivity index (χ0) is 8.97. The lowest BCUT2D eigenvalue weighted by Gasteiger charge is -2.13. The quantitative estimate of drug-likeness (QED) is 0.647. The largest absolute Gasteiger partial charge is 0.340 e. The van der Waals surface area contributed by atoms with Gasteiger partial charge in [0.05, 0.1) is 18.4 Å². The summed E-state index contributed by atoms with van der Waals surface area (Å²) >= 11 is 0. The molecule has 1 aromatic rings. The molecule has 12 heavy (non-hydrogen) atoms. The van der Waals surface area contributed by atoms with Gasteiger partial charge >= 0.3 is 0 Å². The number of carbonyl (C=O) groups is 1. The van der Waals surface area contributed by atoms with Crippen LogP contribution in [-0.2, 0) is 11.3 Å². The van der Waals surface area contributed by atoms with E-state index >= 15 is 0 Å². The van der Waals surface area contributed by atoms with E-state index in [1.54, 1.807) is 18.0 Å². The van der Waals surface area contributed by atoms with E-state index < -0.39 is 0 Å². The van der Waals surface area contributed by atoms with Crippen LogP contribution in [0.4, 0.5) is 0 Å². The molecule has 0 fully saturated rings. The van der Waals surface area contributed by atoms with Crippen molar-refractivity contribution in [1.29, 1.82) is 0 Å². The van der Waals surface area contributed by atoms with Crippen molar-refractivity contribution in [3.63, 3.8) is 0 Å². The molecule has 0 bridgehead atoms. The summed E-state index contributed by atoms with van der Waals surface area (Å²) in [4.78, 5) is 16.4. The van der Waals surface area contributed by atoms with Gasteiger partial charge in [0.15, 0.2) is 0 Å². The molecule has 0 aliphatic rings. The predicted molar refractivity (Wildman–Crippen MR) is 45.2 cm³/mol. The lowest BCUT2D eigenvalue weighted by atomic mass is 10.3. The Balaban J connectivity index is 2.58. The SMILES string of the molecule is CC(=O)N(C)Cc1ccc[c]n1. The molecule has 1 rings (SSSR count). The highest BCUT2D eigenvalue weighted by molar-refractivity contribution is 5.72. The highest BCUT2D eigenvalue weighted by atomic mass is 16.2. The van der Waals surface area contributed by atoms with Crippen LogP contribution in [0.15, 0.2) is 18.2 Å². The monoisotopic (exact) mass is 163 g/mol. The maximum Gasteiger partial charge on any atom is 0.219 e. The van der Waals surface area contributed by atoms with E-state index in [-0.39, 0.29) is 5.91 Å². The Morgan fingerprint density at radius 1 is 1.75 bits per heavy atom. The first-order valence-electron chi connectivity index (χ1n) is 3.74. The average molecular weight is 163 g/mol. The van der Waals surface area contributed by atoms with Crippen molar-refractivity contribution < 1.29 is 4.79 Å². The van der Waals surface area contributed by atoms with Crippen LogP contribution in [0.3, 0.4) is 0 Å². The standard InChI is InChI=1S/C9H11N2O/c1-8(12)11(2)7-9-5-3-4-6-10-9/h3-5H,7H2,1-2H3. The van der Waals surface area contributed by atoms with E-state index in [0.717, 1.165) is 5.69 Å². The first-order valence-corrected chi connectivity index (χ1v) is 3.74. The lowest BCUT2D eigenvalue weighted by molar-refractivity contribution is -0.128. The van der Waals surface area contributed by atoms with Gasteiger partial charge in [0.2, 0.25) is 5.91 Å². The zero-order valence-electron chi connectivity index (χ0n) is 7.24. The molecule has 0 aliphatic carbocycles. The normalized spacial score (nSPS) is 9.50. The number of hydrogen-bond donors (Lipinski definition) is 0. The van der Waals surface area contributed by atoms with E-state index in [4.69, 9.17) is 0 Å². The lowest BCUT2D eigenvalue weighted by Crippen LogP contribution is -2.23. The molecule has 1 aromatic heterocycles. The average Bonchev–Trinajstić information content (AvgIpc) is 2.06. The molecular formula is C9H11N2O. The van der Waals surface area contributed by atoms with E-state index in [2.05, 4.69) is 11.2 Å². The van der Waals surface area contributed by atoms with Crippen molar-refractivity contribution in [3.8, 4) is 0 Å². The Hall–Kier alpha value is -1.38. The van der Waals surface area contributed by atoms with Gasteiger partial charge in [-0.1, -0.05) is 6.07 Å². The van der Waals surface area contributed by atoms with Crippen molar-refractivity contribution in [1.82, 2.24) is 9.88 Å². The van der Waals surface area contributed by atoms with Crippen LogP contribution in [0.5, 0.6) is 0 Å². The molecule has 0 saturated heterocycles. The Labute approximate surface area is 72.0 Å². The zero-order valence-corrected chi connectivity index (χ0v) is 7.24. The number of hydrogen-bond acceptors (Lipinski definition) is 2. The van der Waals surface area contributed by atoms with Crippen LogP contribution >= 0.6 is 0 Å². The van der Waals surface area contributed by atoms with Crippen molar-refractivity contribution >= 4 is 5.91 Å². The van der Waals surface area contributed by atoms with Gasteiger partial charge in [-0.15, -0.1) is 0 Å². The minimum Gasteiger partial charge on any atom is -0.340 e. The molecule has 1 heterocycles. The fraction of sp³-hybridized carbons (Fsp3) is 0.333. The topological polar surface area (TPSA) is 33.2 Å². The number of carbonyl (C=O) groups excluding carboxylic acids is 1. The second-order valence-corrected chi connectivity index (χ2v) is 2.63. The molecule has 0 unspecified atom stereocenters. The second kappa shape index (κ2) is 3.85. The van der Waals surface area contributed by atoms with Gasteiger partial charge in [-0.3, -0.25) is 4.79 Å². The Morgan fingerprint density at radius 3 is 3.00 bits per heavy atom. The molecule has 1 amide bonds. The Bertz CT molecular complexity index is 258. The Morgan fingerprint density at radius 2 is 2.50 bits per heavy atom. The molecule has 1 radical (unpaired) electrons. The van der Waals surface area contributed by atoms with Crippen molar-refractivity contribution in [2.45, 2.75) is 13.5 Å². The molecule has 0 aromatic carbocycles. The molecule has 0 saturated carbocycles. The van der Waals surface area contributed by atoms with E-state index in [1.165, 1.54) is 6.92 Å². The smallest absolute Gasteiger partial charge is 0.219 e. The van der Waals surface area contributed by atoms with Gasteiger partial charge in [0.1, 0.15) is 0 Å². The highest BCUT2D eigenvalue weighted by Crippen LogP contribution is 1.97. The third-order valence-corrected chi connectivity index (χ3v) is 1.60. The number of amides is 1. The first kappa shape index (κ1) is 8.71. The molecule has 3 nitrogen and oxygen atoms in total. The van der Waals surface area contributed by atoms with Gasteiger partial charge in [-0.2, -0.15) is 0 Å². The van der Waals surface area contributed by atoms with E-state index in [9.17, 15) is 4.79 Å². The minimum absolute atomic E-state index is 0.0423. The summed E-state index contributed by atoms with van der Waals surface area (Å²) in [5, 5.41) is 0. The van der Waals surface area contributed by atoms with Crippen LogP contribution in [-0.4, -0.2) is 22.8 Å². The molecule has 0 atom stereocenters. The van der Waals surface area contributed by atoms with Gasteiger partial charge in [0, 0.05) is 14.0 Å². The van der Waals surface area contributed by atoms with E-state index in [1.807, 2.05) is 12.1 Å². The predicted octanol–water partition coefficient (Wildman–Crippen LogP) is 0.860. The van der Waals surface area contributed by atoms with Crippen LogP contribution in [0.2, 0.25) is 0 Å². The number of pyridine rings is 1. The molecule has 0 aliphatic heterocycles. The summed E-state index contributed by atoms with van der Waals surface area (Å²) in [5.74, 6) is 0.0423. The third kappa shape index (κ3) is 2.34. The fourth-order valence-corrected chi connectivity index (χ4v) is 0.802. The van der Waals surface area contributed by atoms with E-state index in [0.29, 0.717) is 6.54 Å². The van der Waals surface area contributed by atoms with Crippen molar-refractivity contribution in [2.24, 2.45) is 0 Å². The summed E-state index contributed by atoms with van der Waals surface area (Å²) in [5.41, 5.74) is 0.857. The van der Waals surface area contributed by atoms with Gasteiger partial charge in [-0.25, -0.2) is 4.98 Å². The number of rotatable bonds is 2. The summed E-state index contributed by atoms with van der Waals surface area (Å²) in [6.45, 7) is 2.08. The summed E-state index contributed by atoms with van der Waals surface area (Å²) < 4.78 is 0. The van der Waals surface area contributed by atoms with Crippen LogP contribution < -0.4 is 0 Å². The maximum atomic E-state index is 10.8. The minimum atomic E-state index is 0.0423. The Kier molecular flexibility index (Phi) is 2.80. The van der Waals surface area contributed by atoms with Crippen LogP contribution in [0.25, 0.3) is 0 Å². The molecule has 63 valence electrons. The number of nitrogens with zero attached hydrogens (tertiary/aromatic N) is 2. The first-order chi connectivity index (χ1) is 5.70. The van der Waals surface area contributed by atoms with Crippen LogP contribution in [0.1, 0.15) is 12.6 Å². The van der Waals surface area contributed by atoms with Crippen molar-refractivity contribution in [3.05, 3.63) is 30.1 Å². The van der Waals surface area contributed by atoms with Crippen LogP contribution in [0, 0.1) is 6.20 Å². The second-order valence-electron chi connectivity index (χ2n) is 2.63. The molecule has 3 heteroatoms. The molecule has 0 spiro atoms. The number of aromatic nitrogens is 1. The summed E-state index contributed by atoms with van der Waals surface area (Å²) in [6, 6.07) is 5.46. The fourth-order valence-electron chi connectivity index (χ4n) is 0.802. The highest BCUT2D eigenvalue weighted by Gasteiger charge is 2.02. The van der Waals surface area contributed by atoms with Gasteiger partial charge in [-0.05, 0) is 12.1 Å². The third-order valence-electron chi connectivity index (χ3n) is 1.60. The maximum absolute atomic E-state index is 10.8. The van der Waals surface area contributed by atoms with Gasteiger partial charge in [0.25, 0.3) is 0 Å². The van der Waals surface area contributed by atoms with Crippen molar-refractivity contribution in [2.75, 3.05) is 7.05 Å². The van der Waals surface area contributed by atoms with Gasteiger partial charge < -0.3 is 4.90 Å².